The number of carbonyl (C=O) groups is 1. The first-order valence-corrected chi connectivity index (χ1v) is 9.98. The van der Waals surface area contributed by atoms with Crippen molar-refractivity contribution in [3.63, 3.8) is 0 Å². The Morgan fingerprint density at radius 1 is 1.20 bits per heavy atom. The second-order valence-electron chi connectivity index (χ2n) is 6.69. The predicted octanol–water partition coefficient (Wildman–Crippen LogP) is 0.506. The third-order valence-corrected chi connectivity index (χ3v) is 6.56. The maximum atomic E-state index is 12.8. The Labute approximate surface area is 149 Å². The van der Waals surface area contributed by atoms with Crippen LogP contribution in [0.5, 0.6) is 0 Å². The molecule has 25 heavy (non-hydrogen) atoms. The van der Waals surface area contributed by atoms with Crippen molar-refractivity contribution in [2.45, 2.75) is 24.8 Å². The van der Waals surface area contributed by atoms with Gasteiger partial charge < -0.3 is 9.64 Å². The highest BCUT2D eigenvalue weighted by molar-refractivity contribution is 7.89. The molecular formula is C17H25N3O4S. The Morgan fingerprint density at radius 3 is 2.48 bits per heavy atom. The van der Waals surface area contributed by atoms with Gasteiger partial charge in [-0.1, -0.05) is 17.7 Å². The first-order chi connectivity index (χ1) is 11.9. The van der Waals surface area contributed by atoms with E-state index in [0.717, 1.165) is 18.7 Å². The van der Waals surface area contributed by atoms with Gasteiger partial charge in [0.1, 0.15) is 0 Å². The third kappa shape index (κ3) is 4.03. The van der Waals surface area contributed by atoms with E-state index in [9.17, 15) is 13.2 Å². The summed E-state index contributed by atoms with van der Waals surface area (Å²) >= 11 is 0. The largest absolute Gasteiger partial charge is 0.379 e. The van der Waals surface area contributed by atoms with Crippen molar-refractivity contribution >= 4 is 15.9 Å². The number of benzene rings is 1. The summed E-state index contributed by atoms with van der Waals surface area (Å²) in [4.78, 5) is 16.6. The monoisotopic (exact) mass is 367 g/mol. The SMILES string of the molecule is Cc1ccc(S(=O)(=O)N2C[C@H](C)N(C(=O)CN3CCOCC3)C2)cc1. The Hall–Kier alpha value is -1.48. The first kappa shape index (κ1) is 18.3. The zero-order valence-corrected chi connectivity index (χ0v) is 15.5. The van der Waals surface area contributed by atoms with Crippen LogP contribution in [0.25, 0.3) is 0 Å². The molecule has 3 rings (SSSR count). The minimum absolute atomic E-state index is 0.0315. The van der Waals surface area contributed by atoms with Gasteiger partial charge in [0.2, 0.25) is 15.9 Å². The van der Waals surface area contributed by atoms with Crippen molar-refractivity contribution in [1.82, 2.24) is 14.1 Å². The van der Waals surface area contributed by atoms with E-state index in [0.29, 0.717) is 26.3 Å². The highest BCUT2D eigenvalue weighted by Crippen LogP contribution is 2.23. The summed E-state index contributed by atoms with van der Waals surface area (Å²) in [7, 11) is -3.58. The summed E-state index contributed by atoms with van der Waals surface area (Å²) < 4.78 is 32.3. The number of hydrogen-bond donors (Lipinski definition) is 0. The lowest BCUT2D eigenvalue weighted by Crippen LogP contribution is -2.46. The number of morpholine rings is 1. The van der Waals surface area contributed by atoms with Crippen molar-refractivity contribution in [3.8, 4) is 0 Å². The summed E-state index contributed by atoms with van der Waals surface area (Å²) in [6, 6.07) is 6.68. The molecule has 2 fully saturated rings. The van der Waals surface area contributed by atoms with E-state index in [-0.39, 0.29) is 23.5 Å². The van der Waals surface area contributed by atoms with Crippen LogP contribution in [0, 0.1) is 6.92 Å². The van der Waals surface area contributed by atoms with E-state index in [1.165, 1.54) is 4.31 Å². The Balaban J connectivity index is 1.67. The van der Waals surface area contributed by atoms with Crippen LogP contribution < -0.4 is 0 Å². The molecule has 0 spiro atoms. The van der Waals surface area contributed by atoms with Crippen molar-refractivity contribution in [3.05, 3.63) is 29.8 Å². The van der Waals surface area contributed by atoms with Gasteiger partial charge in [0.25, 0.3) is 0 Å². The van der Waals surface area contributed by atoms with Gasteiger partial charge in [-0.15, -0.1) is 0 Å². The van der Waals surface area contributed by atoms with Gasteiger partial charge in [-0.25, -0.2) is 8.42 Å². The molecule has 1 amide bonds. The van der Waals surface area contributed by atoms with E-state index in [1.807, 2.05) is 13.8 Å². The molecule has 2 aliphatic heterocycles. The topological polar surface area (TPSA) is 70.2 Å². The second kappa shape index (κ2) is 7.41. The molecule has 138 valence electrons. The normalized spacial score (nSPS) is 23.1. The minimum atomic E-state index is -3.58. The van der Waals surface area contributed by atoms with E-state index in [4.69, 9.17) is 4.74 Å². The molecule has 0 saturated carbocycles. The van der Waals surface area contributed by atoms with Crippen LogP contribution in [0.4, 0.5) is 0 Å². The third-order valence-electron chi connectivity index (χ3n) is 4.75. The van der Waals surface area contributed by atoms with Gasteiger partial charge in [-0.05, 0) is 26.0 Å². The van der Waals surface area contributed by atoms with E-state index in [1.54, 1.807) is 29.2 Å². The number of sulfonamides is 1. The molecule has 0 bridgehead atoms. The van der Waals surface area contributed by atoms with E-state index in [2.05, 4.69) is 4.90 Å². The molecule has 2 heterocycles. The number of aryl methyl sites for hydroxylation is 1. The smallest absolute Gasteiger partial charge is 0.244 e. The van der Waals surface area contributed by atoms with Crippen LogP contribution in [-0.2, 0) is 19.6 Å². The number of nitrogens with zero attached hydrogens (tertiary/aromatic N) is 3. The van der Waals surface area contributed by atoms with Gasteiger partial charge in [0.15, 0.2) is 0 Å². The summed E-state index contributed by atoms with van der Waals surface area (Å²) in [6.07, 6.45) is 0. The molecule has 1 aromatic rings. The van der Waals surface area contributed by atoms with Crippen LogP contribution >= 0.6 is 0 Å². The number of hydrogen-bond acceptors (Lipinski definition) is 5. The summed E-state index contributed by atoms with van der Waals surface area (Å²) in [5.74, 6) is -0.0315. The Morgan fingerprint density at radius 2 is 1.84 bits per heavy atom. The summed E-state index contributed by atoms with van der Waals surface area (Å²) in [6.45, 7) is 7.30. The highest BCUT2D eigenvalue weighted by atomic mass is 32.2. The fourth-order valence-corrected chi connectivity index (χ4v) is 4.63. The van der Waals surface area contributed by atoms with Crippen LogP contribution in [-0.4, -0.2) is 80.5 Å². The van der Waals surface area contributed by atoms with Crippen molar-refractivity contribution in [1.29, 1.82) is 0 Å². The molecule has 2 aliphatic rings. The Kier molecular flexibility index (Phi) is 5.43. The number of rotatable bonds is 4. The van der Waals surface area contributed by atoms with Crippen molar-refractivity contribution in [2.24, 2.45) is 0 Å². The van der Waals surface area contributed by atoms with Gasteiger partial charge in [-0.2, -0.15) is 4.31 Å². The fourth-order valence-electron chi connectivity index (χ4n) is 3.16. The molecular weight excluding hydrogens is 342 g/mol. The maximum absolute atomic E-state index is 12.8. The van der Waals surface area contributed by atoms with E-state index < -0.39 is 10.0 Å². The van der Waals surface area contributed by atoms with Crippen LogP contribution in [0.1, 0.15) is 12.5 Å². The number of amides is 1. The first-order valence-electron chi connectivity index (χ1n) is 8.54. The molecule has 8 heteroatoms. The molecule has 0 aromatic heterocycles. The molecule has 0 N–H and O–H groups in total. The molecule has 2 saturated heterocycles. The van der Waals surface area contributed by atoms with Gasteiger partial charge in [-0.3, -0.25) is 9.69 Å². The lowest BCUT2D eigenvalue weighted by Gasteiger charge is -2.29. The maximum Gasteiger partial charge on any atom is 0.244 e. The quantitative estimate of drug-likeness (QED) is 0.775. The average Bonchev–Trinajstić information content (AvgIpc) is 2.99. The summed E-state index contributed by atoms with van der Waals surface area (Å²) in [5, 5.41) is 0. The molecule has 1 atom stereocenters. The van der Waals surface area contributed by atoms with Crippen molar-refractivity contribution < 1.29 is 17.9 Å². The summed E-state index contributed by atoms with van der Waals surface area (Å²) in [5.41, 5.74) is 1.01. The number of carbonyl (C=O) groups excluding carboxylic acids is 1. The molecule has 0 unspecified atom stereocenters. The van der Waals surface area contributed by atoms with Gasteiger partial charge in [0, 0.05) is 25.7 Å². The van der Waals surface area contributed by atoms with Gasteiger partial charge >= 0.3 is 0 Å². The predicted molar refractivity (Wildman–Crippen MR) is 93.5 cm³/mol. The lowest BCUT2D eigenvalue weighted by atomic mass is 10.2. The molecule has 7 nitrogen and oxygen atoms in total. The average molecular weight is 367 g/mol. The standard InChI is InChI=1S/C17H25N3O4S/c1-14-3-5-16(6-4-14)25(22,23)19-11-15(2)20(13-19)17(21)12-18-7-9-24-10-8-18/h3-6,15H,7-13H2,1-2H3/t15-/m0/s1. The molecule has 0 aliphatic carbocycles. The molecule has 0 radical (unpaired) electrons. The second-order valence-corrected chi connectivity index (χ2v) is 8.63. The zero-order valence-electron chi connectivity index (χ0n) is 14.7. The van der Waals surface area contributed by atoms with E-state index >= 15 is 0 Å². The Bertz CT molecular complexity index is 714. The van der Waals surface area contributed by atoms with Crippen LogP contribution in [0.15, 0.2) is 29.2 Å². The lowest BCUT2D eigenvalue weighted by molar-refractivity contribution is -0.134. The fraction of sp³-hybridized carbons (Fsp3) is 0.588. The van der Waals surface area contributed by atoms with Gasteiger partial charge in [0.05, 0.1) is 31.3 Å². The van der Waals surface area contributed by atoms with Crippen molar-refractivity contribution in [2.75, 3.05) is 46.1 Å². The highest BCUT2D eigenvalue weighted by Gasteiger charge is 2.38. The minimum Gasteiger partial charge on any atom is -0.379 e. The zero-order chi connectivity index (χ0) is 18.0. The number of ether oxygens (including phenoxy) is 1. The molecule has 1 aromatic carbocycles. The van der Waals surface area contributed by atoms with Crippen LogP contribution in [0.2, 0.25) is 0 Å². The van der Waals surface area contributed by atoms with Crippen LogP contribution in [0.3, 0.4) is 0 Å².